The highest BCUT2D eigenvalue weighted by molar-refractivity contribution is 6.01. The van der Waals surface area contributed by atoms with Gasteiger partial charge >= 0.3 is 6.36 Å². The van der Waals surface area contributed by atoms with Crippen molar-refractivity contribution in [2.75, 3.05) is 5.32 Å². The molecule has 140 valence electrons. The minimum Gasteiger partial charge on any atom is -0.406 e. The van der Waals surface area contributed by atoms with Crippen LogP contribution >= 0.6 is 0 Å². The summed E-state index contributed by atoms with van der Waals surface area (Å²) in [5.74, 6) is -0.244. The standard InChI is InChI=1S/C21H14F3N3O/c22-21(23,24)28-13-7-5-12(6-8-13)19-16-11-26-20-18(16)15(9-10-25-20)14-3-1-2-4-17(14)27-19/h1-11,19,27H,(H,25,26). The summed E-state index contributed by atoms with van der Waals surface area (Å²) in [6.07, 6.45) is -1.05. The molecule has 0 spiro atoms. The molecule has 5 rings (SSSR count). The fourth-order valence-corrected chi connectivity index (χ4v) is 3.74. The van der Waals surface area contributed by atoms with Gasteiger partial charge in [-0.05, 0) is 35.4 Å². The van der Waals surface area contributed by atoms with Crippen LogP contribution < -0.4 is 10.1 Å². The molecule has 2 aromatic carbocycles. The van der Waals surface area contributed by atoms with Crippen molar-refractivity contribution < 1.29 is 17.9 Å². The van der Waals surface area contributed by atoms with E-state index in [1.54, 1.807) is 18.3 Å². The van der Waals surface area contributed by atoms with E-state index in [0.717, 1.165) is 39.0 Å². The van der Waals surface area contributed by atoms with Gasteiger partial charge in [0, 0.05) is 34.6 Å². The first-order valence-corrected chi connectivity index (χ1v) is 8.67. The Labute approximate surface area is 158 Å². The predicted molar refractivity (Wildman–Crippen MR) is 100 cm³/mol. The Balaban J connectivity index is 1.65. The van der Waals surface area contributed by atoms with Crippen molar-refractivity contribution in [3.05, 3.63) is 78.1 Å². The van der Waals surface area contributed by atoms with Crippen molar-refractivity contribution in [3.8, 4) is 16.9 Å². The van der Waals surface area contributed by atoms with E-state index in [9.17, 15) is 13.2 Å². The minimum absolute atomic E-state index is 0.244. The third-order valence-electron chi connectivity index (χ3n) is 4.88. The number of pyridine rings is 1. The van der Waals surface area contributed by atoms with E-state index in [1.807, 2.05) is 36.5 Å². The smallest absolute Gasteiger partial charge is 0.406 e. The van der Waals surface area contributed by atoms with Gasteiger partial charge in [0.15, 0.2) is 0 Å². The maximum atomic E-state index is 12.4. The average molecular weight is 381 g/mol. The number of nitrogens with one attached hydrogen (secondary N) is 2. The number of anilines is 1. The molecule has 1 aliphatic rings. The van der Waals surface area contributed by atoms with Crippen LogP contribution in [0.15, 0.2) is 67.0 Å². The Morgan fingerprint density at radius 1 is 0.929 bits per heavy atom. The van der Waals surface area contributed by atoms with Gasteiger partial charge in [-0.3, -0.25) is 0 Å². The van der Waals surface area contributed by atoms with E-state index in [-0.39, 0.29) is 11.8 Å². The number of halogens is 3. The molecule has 3 heterocycles. The first-order chi connectivity index (χ1) is 13.5. The Hall–Kier alpha value is -3.48. The van der Waals surface area contributed by atoms with Crippen LogP contribution in [0.4, 0.5) is 18.9 Å². The van der Waals surface area contributed by atoms with Gasteiger partial charge in [-0.2, -0.15) is 0 Å². The van der Waals surface area contributed by atoms with Crippen LogP contribution in [0.25, 0.3) is 22.2 Å². The van der Waals surface area contributed by atoms with Crippen molar-refractivity contribution >= 4 is 16.7 Å². The molecule has 0 aliphatic carbocycles. The lowest BCUT2D eigenvalue weighted by Gasteiger charge is -2.20. The third kappa shape index (κ3) is 2.76. The zero-order valence-corrected chi connectivity index (χ0v) is 14.4. The molecule has 0 saturated carbocycles. The second kappa shape index (κ2) is 6.02. The number of hydrogen-bond acceptors (Lipinski definition) is 3. The van der Waals surface area contributed by atoms with E-state index in [0.29, 0.717) is 0 Å². The molecule has 7 heteroatoms. The predicted octanol–water partition coefficient (Wildman–Crippen LogP) is 5.64. The van der Waals surface area contributed by atoms with Gasteiger partial charge in [-0.25, -0.2) is 4.98 Å². The van der Waals surface area contributed by atoms with E-state index >= 15 is 0 Å². The maximum Gasteiger partial charge on any atom is 0.573 e. The van der Waals surface area contributed by atoms with Crippen LogP contribution in [0.3, 0.4) is 0 Å². The molecule has 1 atom stereocenters. The van der Waals surface area contributed by atoms with E-state index in [2.05, 4.69) is 20.0 Å². The first kappa shape index (κ1) is 16.7. The number of aromatic nitrogens is 2. The number of aromatic amines is 1. The average Bonchev–Trinajstić information content (AvgIpc) is 3.04. The van der Waals surface area contributed by atoms with Crippen LogP contribution in [-0.4, -0.2) is 16.3 Å². The Morgan fingerprint density at radius 2 is 1.71 bits per heavy atom. The van der Waals surface area contributed by atoms with Crippen molar-refractivity contribution in [2.24, 2.45) is 0 Å². The number of hydrogen-bond donors (Lipinski definition) is 2. The van der Waals surface area contributed by atoms with Crippen molar-refractivity contribution in [3.63, 3.8) is 0 Å². The third-order valence-corrected chi connectivity index (χ3v) is 4.88. The molecule has 1 aliphatic heterocycles. The van der Waals surface area contributed by atoms with Gasteiger partial charge in [0.1, 0.15) is 11.4 Å². The van der Waals surface area contributed by atoms with Gasteiger partial charge in [0.2, 0.25) is 0 Å². The zero-order valence-electron chi connectivity index (χ0n) is 14.4. The SMILES string of the molecule is FC(F)(F)Oc1ccc(C2Nc3ccccc3-c3ccnc4[nH]cc2c34)cc1. The highest BCUT2D eigenvalue weighted by atomic mass is 19.4. The number of nitrogens with zero attached hydrogens (tertiary/aromatic N) is 1. The summed E-state index contributed by atoms with van der Waals surface area (Å²) >= 11 is 0. The lowest BCUT2D eigenvalue weighted by Crippen LogP contribution is -2.17. The van der Waals surface area contributed by atoms with Crippen LogP contribution in [0.5, 0.6) is 5.75 Å². The molecular formula is C21H14F3N3O. The Kier molecular flexibility index (Phi) is 3.58. The van der Waals surface area contributed by atoms with Crippen LogP contribution in [0.1, 0.15) is 17.2 Å². The number of benzene rings is 2. The van der Waals surface area contributed by atoms with Crippen molar-refractivity contribution in [2.45, 2.75) is 12.4 Å². The highest BCUT2D eigenvalue weighted by Gasteiger charge is 2.31. The summed E-state index contributed by atoms with van der Waals surface area (Å²) in [4.78, 5) is 7.61. The van der Waals surface area contributed by atoms with Crippen molar-refractivity contribution in [1.82, 2.24) is 9.97 Å². The lowest BCUT2D eigenvalue weighted by molar-refractivity contribution is -0.274. The van der Waals surface area contributed by atoms with Gasteiger partial charge in [-0.1, -0.05) is 30.3 Å². The lowest BCUT2D eigenvalue weighted by atomic mass is 9.97. The second-order valence-electron chi connectivity index (χ2n) is 6.57. The van der Waals surface area contributed by atoms with Gasteiger partial charge in [0.05, 0.1) is 6.04 Å². The normalized spacial score (nSPS) is 15.6. The fourth-order valence-electron chi connectivity index (χ4n) is 3.74. The summed E-state index contributed by atoms with van der Waals surface area (Å²) < 4.78 is 41.3. The van der Waals surface area contributed by atoms with Gasteiger partial charge in [-0.15, -0.1) is 13.2 Å². The van der Waals surface area contributed by atoms with Gasteiger partial charge < -0.3 is 15.0 Å². The number of H-pyrrole nitrogens is 1. The zero-order chi connectivity index (χ0) is 19.3. The van der Waals surface area contributed by atoms with E-state index in [1.165, 1.54) is 12.1 Å². The molecule has 0 amide bonds. The van der Waals surface area contributed by atoms with Gasteiger partial charge in [0.25, 0.3) is 0 Å². The van der Waals surface area contributed by atoms with Crippen molar-refractivity contribution in [1.29, 1.82) is 0 Å². The number of alkyl halides is 3. The fraction of sp³-hybridized carbons (Fsp3) is 0.0952. The van der Waals surface area contributed by atoms with E-state index < -0.39 is 6.36 Å². The van der Waals surface area contributed by atoms with Crippen LogP contribution in [0.2, 0.25) is 0 Å². The second-order valence-corrected chi connectivity index (χ2v) is 6.57. The largest absolute Gasteiger partial charge is 0.573 e. The summed E-state index contributed by atoms with van der Waals surface area (Å²) in [6, 6.07) is 15.6. The topological polar surface area (TPSA) is 49.9 Å². The molecule has 2 N–H and O–H groups in total. The van der Waals surface area contributed by atoms with Crippen LogP contribution in [-0.2, 0) is 0 Å². The number of ether oxygens (including phenoxy) is 1. The molecular weight excluding hydrogens is 367 g/mol. The molecule has 0 saturated heterocycles. The Bertz CT molecular complexity index is 1170. The summed E-state index contributed by atoms with van der Waals surface area (Å²) in [7, 11) is 0. The number of rotatable bonds is 2. The quantitative estimate of drug-likeness (QED) is 0.472. The number of fused-ring (bicyclic) bond motifs is 2. The summed E-state index contributed by atoms with van der Waals surface area (Å²) in [5, 5.41) is 4.53. The molecule has 0 fully saturated rings. The molecule has 1 unspecified atom stereocenters. The highest BCUT2D eigenvalue weighted by Crippen LogP contribution is 2.43. The molecule has 2 aromatic heterocycles. The summed E-state index contributed by atoms with van der Waals surface area (Å²) in [5.41, 5.74) is 5.64. The Morgan fingerprint density at radius 3 is 2.50 bits per heavy atom. The van der Waals surface area contributed by atoms with E-state index in [4.69, 9.17) is 0 Å². The molecule has 4 aromatic rings. The molecule has 4 nitrogen and oxygen atoms in total. The molecule has 0 bridgehead atoms. The monoisotopic (exact) mass is 381 g/mol. The number of para-hydroxylation sites is 1. The first-order valence-electron chi connectivity index (χ1n) is 8.67. The summed E-state index contributed by atoms with van der Waals surface area (Å²) in [6.45, 7) is 0. The minimum atomic E-state index is -4.71. The molecule has 28 heavy (non-hydrogen) atoms. The maximum absolute atomic E-state index is 12.4. The van der Waals surface area contributed by atoms with Crippen LogP contribution in [0, 0.1) is 0 Å². The molecule has 0 radical (unpaired) electrons.